The van der Waals surface area contributed by atoms with Gasteiger partial charge in [0.15, 0.2) is 11.5 Å². The first kappa shape index (κ1) is 14.4. The minimum Gasteiger partial charge on any atom is -0.455 e. The molecule has 0 saturated carbocycles. The molecule has 3 rings (SSSR count). The van der Waals surface area contributed by atoms with Gasteiger partial charge in [-0.15, -0.1) is 11.3 Å². The molecule has 6 heteroatoms. The Balaban J connectivity index is 1.77. The zero-order valence-corrected chi connectivity index (χ0v) is 13.1. The number of amides is 1. The average molecular weight is 324 g/mol. The normalized spacial score (nSPS) is 14.1. The first-order valence-corrected chi connectivity index (χ1v) is 7.93. The highest BCUT2D eigenvalue weighted by Gasteiger charge is 2.28. The molecule has 21 heavy (non-hydrogen) atoms. The van der Waals surface area contributed by atoms with Crippen molar-refractivity contribution < 1.29 is 14.0 Å². The molecule has 1 amide bonds. The molecule has 0 bridgehead atoms. The molecule has 0 aliphatic heterocycles. The molecule has 2 aromatic heterocycles. The van der Waals surface area contributed by atoms with Crippen molar-refractivity contribution >= 4 is 34.6 Å². The van der Waals surface area contributed by atoms with Crippen molar-refractivity contribution in [2.75, 3.05) is 0 Å². The smallest absolute Gasteiger partial charge is 0.287 e. The average Bonchev–Trinajstić information content (AvgIpc) is 3.01. The number of carbonyl (C=O) groups is 2. The number of halogens is 1. The van der Waals surface area contributed by atoms with Crippen LogP contribution in [-0.4, -0.2) is 11.7 Å². The van der Waals surface area contributed by atoms with E-state index >= 15 is 0 Å². The second kappa shape index (κ2) is 5.66. The van der Waals surface area contributed by atoms with Crippen LogP contribution in [0.3, 0.4) is 0 Å². The van der Waals surface area contributed by atoms with Crippen molar-refractivity contribution in [2.24, 2.45) is 0 Å². The maximum atomic E-state index is 12.2. The van der Waals surface area contributed by atoms with Gasteiger partial charge in [-0.25, -0.2) is 0 Å². The third-order valence-electron chi connectivity index (χ3n) is 3.56. The van der Waals surface area contributed by atoms with Crippen LogP contribution in [-0.2, 0) is 13.0 Å². The predicted octanol–water partition coefficient (Wildman–Crippen LogP) is 3.75. The van der Waals surface area contributed by atoms with Crippen LogP contribution in [0.5, 0.6) is 0 Å². The fourth-order valence-electron chi connectivity index (χ4n) is 2.56. The lowest BCUT2D eigenvalue weighted by molar-refractivity contribution is 0.0917. The summed E-state index contributed by atoms with van der Waals surface area (Å²) in [4.78, 5) is 25.1. The van der Waals surface area contributed by atoms with Gasteiger partial charge in [-0.05, 0) is 25.5 Å². The van der Waals surface area contributed by atoms with Gasteiger partial charge in [0.2, 0.25) is 0 Å². The number of hydrogen-bond donors (Lipinski definition) is 1. The summed E-state index contributed by atoms with van der Waals surface area (Å²) in [5.41, 5.74) is 1.25. The van der Waals surface area contributed by atoms with Crippen LogP contribution in [0.15, 0.2) is 16.5 Å². The van der Waals surface area contributed by atoms with Crippen molar-refractivity contribution in [1.29, 1.82) is 0 Å². The van der Waals surface area contributed by atoms with Crippen molar-refractivity contribution in [1.82, 2.24) is 5.32 Å². The lowest BCUT2D eigenvalue weighted by Gasteiger charge is -2.07. The number of thiophene rings is 1. The quantitative estimate of drug-likeness (QED) is 0.935. The summed E-state index contributed by atoms with van der Waals surface area (Å²) in [6.07, 6.45) is 2.03. The van der Waals surface area contributed by atoms with Gasteiger partial charge < -0.3 is 9.73 Å². The van der Waals surface area contributed by atoms with Gasteiger partial charge >= 0.3 is 0 Å². The molecule has 0 spiro atoms. The number of Topliss-reactive ketones (excluding diaryl/α,β-unsaturated/α-hetero) is 1. The molecule has 0 aromatic carbocycles. The second-order valence-electron chi connectivity index (χ2n) is 5.02. The number of fused-ring (bicyclic) bond motifs is 1. The van der Waals surface area contributed by atoms with Crippen LogP contribution in [0, 0.1) is 6.92 Å². The Morgan fingerprint density at radius 2 is 2.24 bits per heavy atom. The van der Waals surface area contributed by atoms with Gasteiger partial charge in [-0.2, -0.15) is 0 Å². The Kier molecular flexibility index (Phi) is 3.87. The van der Waals surface area contributed by atoms with Crippen LogP contribution in [0.1, 0.15) is 50.0 Å². The van der Waals surface area contributed by atoms with Crippen LogP contribution in [0.2, 0.25) is 4.34 Å². The van der Waals surface area contributed by atoms with Crippen molar-refractivity contribution in [2.45, 2.75) is 32.7 Å². The Morgan fingerprint density at radius 1 is 1.43 bits per heavy atom. The minimum atomic E-state index is -0.292. The number of ketones is 1. The summed E-state index contributed by atoms with van der Waals surface area (Å²) in [6, 6.07) is 3.67. The summed E-state index contributed by atoms with van der Waals surface area (Å²) < 4.78 is 6.30. The molecule has 4 nitrogen and oxygen atoms in total. The van der Waals surface area contributed by atoms with Crippen LogP contribution < -0.4 is 5.32 Å². The number of aryl methyl sites for hydroxylation is 1. The molecule has 0 saturated heterocycles. The minimum absolute atomic E-state index is 0.0709. The highest BCUT2D eigenvalue weighted by atomic mass is 35.5. The molecule has 1 aliphatic carbocycles. The SMILES string of the molecule is Cc1c(C(=O)NCc2ccc(Cl)s2)oc2c1C(=O)CCC2. The molecule has 1 aliphatic rings. The van der Waals surface area contributed by atoms with E-state index in [-0.39, 0.29) is 17.5 Å². The lowest BCUT2D eigenvalue weighted by Crippen LogP contribution is -2.22. The first-order chi connectivity index (χ1) is 10.1. The van der Waals surface area contributed by atoms with Crippen LogP contribution >= 0.6 is 22.9 Å². The van der Waals surface area contributed by atoms with E-state index in [4.69, 9.17) is 16.0 Å². The van der Waals surface area contributed by atoms with Gasteiger partial charge in [0.25, 0.3) is 5.91 Å². The number of hydrogen-bond acceptors (Lipinski definition) is 4. The summed E-state index contributed by atoms with van der Waals surface area (Å²) >= 11 is 7.28. The molecule has 1 N–H and O–H groups in total. The number of rotatable bonds is 3. The monoisotopic (exact) mass is 323 g/mol. The van der Waals surface area contributed by atoms with Crippen LogP contribution in [0.4, 0.5) is 0 Å². The molecule has 110 valence electrons. The lowest BCUT2D eigenvalue weighted by atomic mass is 9.94. The second-order valence-corrected chi connectivity index (χ2v) is 6.82. The maximum absolute atomic E-state index is 12.2. The molecule has 0 unspecified atom stereocenters. The van der Waals surface area contributed by atoms with Crippen molar-refractivity contribution in [3.8, 4) is 0 Å². The van der Waals surface area contributed by atoms with E-state index in [1.807, 2.05) is 6.07 Å². The fraction of sp³-hybridized carbons (Fsp3) is 0.333. The van der Waals surface area contributed by atoms with E-state index in [0.29, 0.717) is 34.2 Å². The van der Waals surface area contributed by atoms with E-state index in [2.05, 4.69) is 5.32 Å². The zero-order chi connectivity index (χ0) is 15.0. The summed E-state index contributed by atoms with van der Waals surface area (Å²) in [5, 5.41) is 2.80. The van der Waals surface area contributed by atoms with Crippen LogP contribution in [0.25, 0.3) is 0 Å². The third kappa shape index (κ3) is 2.76. The standard InChI is InChI=1S/C15H14ClNO3S/c1-8-13-10(18)3-2-4-11(13)20-14(8)15(19)17-7-9-5-6-12(16)21-9/h5-6H,2-4,7H2,1H3,(H,17,19). The van der Waals surface area contributed by atoms with E-state index in [1.165, 1.54) is 11.3 Å². The Morgan fingerprint density at radius 3 is 2.90 bits per heavy atom. The summed E-state index contributed by atoms with van der Waals surface area (Å²) in [6.45, 7) is 2.16. The Bertz CT molecular complexity index is 717. The van der Waals surface area contributed by atoms with Gasteiger partial charge in [0.1, 0.15) is 5.76 Å². The largest absolute Gasteiger partial charge is 0.455 e. The molecule has 2 heterocycles. The highest BCUT2D eigenvalue weighted by Crippen LogP contribution is 2.29. The Labute approximate surface area is 131 Å². The van der Waals surface area contributed by atoms with Crippen molar-refractivity contribution in [3.05, 3.63) is 44.0 Å². The van der Waals surface area contributed by atoms with Gasteiger partial charge in [0.05, 0.1) is 16.4 Å². The van der Waals surface area contributed by atoms with E-state index in [1.54, 1.807) is 13.0 Å². The fourth-order valence-corrected chi connectivity index (χ4v) is 3.59. The molecule has 0 radical (unpaired) electrons. The molecule has 0 atom stereocenters. The highest BCUT2D eigenvalue weighted by molar-refractivity contribution is 7.16. The first-order valence-electron chi connectivity index (χ1n) is 6.74. The number of furan rings is 1. The topological polar surface area (TPSA) is 59.3 Å². The summed E-state index contributed by atoms with van der Waals surface area (Å²) in [7, 11) is 0. The van der Waals surface area contributed by atoms with Gasteiger partial charge in [-0.1, -0.05) is 11.6 Å². The van der Waals surface area contributed by atoms with E-state index in [0.717, 1.165) is 17.7 Å². The zero-order valence-electron chi connectivity index (χ0n) is 11.5. The van der Waals surface area contributed by atoms with Gasteiger partial charge in [0, 0.05) is 23.3 Å². The molecular formula is C15H14ClNO3S. The van der Waals surface area contributed by atoms with E-state index in [9.17, 15) is 9.59 Å². The number of nitrogens with one attached hydrogen (secondary N) is 1. The third-order valence-corrected chi connectivity index (χ3v) is 4.80. The maximum Gasteiger partial charge on any atom is 0.287 e. The summed E-state index contributed by atoms with van der Waals surface area (Å²) in [5.74, 6) is 0.673. The van der Waals surface area contributed by atoms with Gasteiger partial charge in [-0.3, -0.25) is 9.59 Å². The van der Waals surface area contributed by atoms with E-state index < -0.39 is 0 Å². The predicted molar refractivity (Wildman–Crippen MR) is 81.2 cm³/mol. The molecule has 2 aromatic rings. The molecule has 0 fully saturated rings. The Hall–Kier alpha value is -1.59. The number of carbonyl (C=O) groups excluding carboxylic acids is 2. The molecular weight excluding hydrogens is 310 g/mol. The van der Waals surface area contributed by atoms with Crippen molar-refractivity contribution in [3.63, 3.8) is 0 Å².